The Morgan fingerprint density at radius 2 is 1.95 bits per heavy atom. The highest BCUT2D eigenvalue weighted by molar-refractivity contribution is 7.98. The third-order valence-electron chi connectivity index (χ3n) is 2.86. The molecule has 0 amide bonds. The van der Waals surface area contributed by atoms with E-state index in [-0.39, 0.29) is 11.1 Å². The average Bonchev–Trinajstić information content (AvgIpc) is 2.44. The van der Waals surface area contributed by atoms with Gasteiger partial charge in [-0.1, -0.05) is 23.9 Å². The minimum absolute atomic E-state index is 0.165. The Morgan fingerprint density at radius 1 is 1.14 bits per heavy atom. The Balaban J connectivity index is 1.88. The first kappa shape index (κ1) is 13.6. The predicted molar refractivity (Wildman–Crippen MR) is 81.5 cm³/mol. The minimum atomic E-state index is -0.190. The Labute approximate surface area is 123 Å². The van der Waals surface area contributed by atoms with Crippen molar-refractivity contribution < 1.29 is 0 Å². The molecule has 0 aliphatic carbocycles. The first-order valence-electron chi connectivity index (χ1n) is 6.30. The van der Waals surface area contributed by atoms with Crippen LogP contribution in [0.15, 0.2) is 45.1 Å². The molecule has 0 aliphatic rings. The van der Waals surface area contributed by atoms with Gasteiger partial charge in [-0.3, -0.25) is 9.59 Å². The van der Waals surface area contributed by atoms with Gasteiger partial charge in [-0.15, -0.1) is 0 Å². The molecule has 0 atom stereocenters. The Morgan fingerprint density at radius 3 is 2.76 bits per heavy atom. The maximum atomic E-state index is 11.9. The third kappa shape index (κ3) is 3.03. The molecule has 0 unspecified atom stereocenters. The number of para-hydroxylation sites is 1. The monoisotopic (exact) mass is 300 g/mol. The van der Waals surface area contributed by atoms with Gasteiger partial charge in [-0.05, 0) is 19.1 Å². The molecule has 2 aromatic heterocycles. The van der Waals surface area contributed by atoms with Crippen molar-refractivity contribution in [2.75, 3.05) is 0 Å². The van der Waals surface area contributed by atoms with Crippen LogP contribution in [0.4, 0.5) is 0 Å². The van der Waals surface area contributed by atoms with Crippen LogP contribution in [0.5, 0.6) is 0 Å². The average molecular weight is 300 g/mol. The van der Waals surface area contributed by atoms with E-state index < -0.39 is 0 Å². The summed E-state index contributed by atoms with van der Waals surface area (Å²) in [4.78, 5) is 37.3. The van der Waals surface area contributed by atoms with Crippen LogP contribution in [0.3, 0.4) is 0 Å². The Kier molecular flexibility index (Phi) is 3.57. The second kappa shape index (κ2) is 5.53. The molecule has 3 aromatic rings. The smallest absolute Gasteiger partial charge is 0.258 e. The van der Waals surface area contributed by atoms with E-state index in [1.807, 2.05) is 6.07 Å². The van der Waals surface area contributed by atoms with E-state index >= 15 is 0 Å². The number of aryl methyl sites for hydroxylation is 1. The van der Waals surface area contributed by atoms with Gasteiger partial charge in [-0.25, -0.2) is 9.97 Å². The summed E-state index contributed by atoms with van der Waals surface area (Å²) < 4.78 is 0. The van der Waals surface area contributed by atoms with Crippen molar-refractivity contribution in [3.05, 3.63) is 62.6 Å². The second-order valence-corrected chi connectivity index (χ2v) is 5.47. The van der Waals surface area contributed by atoms with Gasteiger partial charge in [0.05, 0.1) is 16.7 Å². The number of nitrogens with zero attached hydrogens (tertiary/aromatic N) is 2. The molecule has 0 saturated carbocycles. The number of fused-ring (bicyclic) bond motifs is 1. The number of thioether (sulfide) groups is 1. The summed E-state index contributed by atoms with van der Waals surface area (Å²) in [6.45, 7) is 1.76. The molecule has 21 heavy (non-hydrogen) atoms. The predicted octanol–water partition coefficient (Wildman–Crippen LogP) is 1.61. The second-order valence-electron chi connectivity index (χ2n) is 4.51. The SMILES string of the molecule is Cc1cc(=O)[nH]c(SCc2nc3ccccc3c(=O)[nH]2)n1. The van der Waals surface area contributed by atoms with Gasteiger partial charge in [0.2, 0.25) is 0 Å². The molecule has 7 heteroatoms. The van der Waals surface area contributed by atoms with Crippen molar-refractivity contribution in [2.45, 2.75) is 17.8 Å². The normalized spacial score (nSPS) is 10.9. The molecule has 0 bridgehead atoms. The zero-order chi connectivity index (χ0) is 14.8. The van der Waals surface area contributed by atoms with Gasteiger partial charge in [0.15, 0.2) is 5.16 Å². The molecule has 2 N–H and O–H groups in total. The zero-order valence-electron chi connectivity index (χ0n) is 11.2. The molecule has 2 heterocycles. The van der Waals surface area contributed by atoms with Crippen LogP contribution in [-0.2, 0) is 5.75 Å². The largest absolute Gasteiger partial charge is 0.309 e. The highest BCUT2D eigenvalue weighted by atomic mass is 32.2. The highest BCUT2D eigenvalue weighted by Crippen LogP contribution is 2.16. The minimum Gasteiger partial charge on any atom is -0.309 e. The Bertz CT molecular complexity index is 916. The molecule has 1 aromatic carbocycles. The number of hydrogen-bond donors (Lipinski definition) is 2. The van der Waals surface area contributed by atoms with E-state index in [2.05, 4.69) is 19.9 Å². The van der Waals surface area contributed by atoms with Crippen LogP contribution in [-0.4, -0.2) is 19.9 Å². The van der Waals surface area contributed by atoms with E-state index in [9.17, 15) is 9.59 Å². The number of H-pyrrole nitrogens is 2. The lowest BCUT2D eigenvalue weighted by Crippen LogP contribution is -2.12. The van der Waals surface area contributed by atoms with Crippen LogP contribution < -0.4 is 11.1 Å². The van der Waals surface area contributed by atoms with Crippen LogP contribution in [0, 0.1) is 6.92 Å². The molecular formula is C14H12N4O2S. The maximum Gasteiger partial charge on any atom is 0.258 e. The van der Waals surface area contributed by atoms with E-state index in [1.54, 1.807) is 25.1 Å². The summed E-state index contributed by atoms with van der Waals surface area (Å²) >= 11 is 1.32. The highest BCUT2D eigenvalue weighted by Gasteiger charge is 2.05. The molecule has 106 valence electrons. The number of aromatic nitrogens is 4. The number of hydrogen-bond acceptors (Lipinski definition) is 5. The number of rotatable bonds is 3. The van der Waals surface area contributed by atoms with Crippen molar-refractivity contribution in [1.29, 1.82) is 0 Å². The molecule has 0 aliphatic heterocycles. The Hall–Kier alpha value is -2.41. The summed E-state index contributed by atoms with van der Waals surface area (Å²) in [5.74, 6) is 0.972. The van der Waals surface area contributed by atoms with E-state index in [1.165, 1.54) is 17.8 Å². The van der Waals surface area contributed by atoms with Gasteiger partial charge >= 0.3 is 0 Å². The topological polar surface area (TPSA) is 91.5 Å². The quantitative estimate of drug-likeness (QED) is 0.566. The first-order valence-corrected chi connectivity index (χ1v) is 7.29. The molecule has 0 spiro atoms. The summed E-state index contributed by atoms with van der Waals surface area (Å²) in [5, 5.41) is 1.07. The fraction of sp³-hybridized carbons (Fsp3) is 0.143. The molecule has 0 saturated heterocycles. The lowest BCUT2D eigenvalue weighted by Gasteiger charge is -2.03. The number of nitrogens with one attached hydrogen (secondary N) is 2. The molecule has 0 radical (unpaired) electrons. The van der Waals surface area contributed by atoms with Gasteiger partial charge in [0.25, 0.3) is 11.1 Å². The van der Waals surface area contributed by atoms with Crippen molar-refractivity contribution >= 4 is 22.7 Å². The standard InChI is InChI=1S/C14H12N4O2S/c1-8-6-12(19)18-14(15-8)21-7-11-16-10-5-3-2-4-9(10)13(20)17-11/h2-6H,7H2,1H3,(H,15,18,19)(H,16,17,20). The first-order chi connectivity index (χ1) is 10.1. The molecule has 3 rings (SSSR count). The van der Waals surface area contributed by atoms with Crippen LogP contribution in [0.2, 0.25) is 0 Å². The van der Waals surface area contributed by atoms with Gasteiger partial charge in [0.1, 0.15) is 5.82 Å². The molecule has 0 fully saturated rings. The lowest BCUT2D eigenvalue weighted by molar-refractivity contribution is 0.902. The third-order valence-corrected chi connectivity index (χ3v) is 3.74. The number of aromatic amines is 2. The van der Waals surface area contributed by atoms with Crippen molar-refractivity contribution in [1.82, 2.24) is 19.9 Å². The van der Waals surface area contributed by atoms with Gasteiger partial charge < -0.3 is 9.97 Å². The summed E-state index contributed by atoms with van der Waals surface area (Å²) in [6.07, 6.45) is 0. The van der Waals surface area contributed by atoms with Crippen LogP contribution >= 0.6 is 11.8 Å². The van der Waals surface area contributed by atoms with Crippen molar-refractivity contribution in [3.63, 3.8) is 0 Å². The molecule has 6 nitrogen and oxygen atoms in total. The summed E-state index contributed by atoms with van der Waals surface area (Å²) in [6, 6.07) is 8.60. The van der Waals surface area contributed by atoms with Crippen LogP contribution in [0.25, 0.3) is 10.9 Å². The zero-order valence-corrected chi connectivity index (χ0v) is 12.0. The summed E-state index contributed by atoms with van der Waals surface area (Å²) in [7, 11) is 0. The van der Waals surface area contributed by atoms with Crippen molar-refractivity contribution in [2.24, 2.45) is 0 Å². The van der Waals surface area contributed by atoms with Gasteiger partial charge in [-0.2, -0.15) is 0 Å². The van der Waals surface area contributed by atoms with Crippen LogP contribution in [0.1, 0.15) is 11.5 Å². The van der Waals surface area contributed by atoms with E-state index in [4.69, 9.17) is 0 Å². The van der Waals surface area contributed by atoms with Gasteiger partial charge in [0, 0.05) is 11.8 Å². The number of benzene rings is 1. The maximum absolute atomic E-state index is 11.9. The molecular weight excluding hydrogens is 288 g/mol. The van der Waals surface area contributed by atoms with E-state index in [0.717, 1.165) is 0 Å². The fourth-order valence-electron chi connectivity index (χ4n) is 1.96. The van der Waals surface area contributed by atoms with Crippen molar-refractivity contribution in [3.8, 4) is 0 Å². The summed E-state index contributed by atoms with van der Waals surface area (Å²) in [5.41, 5.74) is 0.954. The van der Waals surface area contributed by atoms with E-state index in [0.29, 0.717) is 33.3 Å². The lowest BCUT2D eigenvalue weighted by atomic mass is 10.2. The fourth-order valence-corrected chi connectivity index (χ4v) is 2.75.